The quantitative estimate of drug-likeness (QED) is 0.361. The van der Waals surface area contributed by atoms with Crippen LogP contribution in [0.1, 0.15) is 104 Å². The number of hydrazine groups is 2. The van der Waals surface area contributed by atoms with E-state index in [2.05, 4.69) is 98.0 Å². The molecule has 0 amide bonds. The van der Waals surface area contributed by atoms with Crippen LogP contribution in [0.2, 0.25) is 0 Å². The van der Waals surface area contributed by atoms with Gasteiger partial charge in [0.2, 0.25) is 0 Å². The van der Waals surface area contributed by atoms with E-state index in [-0.39, 0.29) is 11.1 Å². The lowest BCUT2D eigenvalue weighted by Crippen LogP contribution is -2.67. The van der Waals surface area contributed by atoms with Gasteiger partial charge in [-0.3, -0.25) is 0 Å². The standard InChI is InChI=1S/C33H46N4/c1-32(2,3)36-26-11-7-24(8-12-26)34(36)28-15-17-30-22(20-28)19-23-21-29(16-18-31(23)30)35-25-9-13-27(14-10-25)37(35)33(4,5)6/h15-18,20-21,24-27H,7-14,19H2,1-6H3. The Kier molecular flexibility index (Phi) is 5.34. The average molecular weight is 499 g/mol. The summed E-state index contributed by atoms with van der Waals surface area (Å²) < 4.78 is 0. The predicted octanol–water partition coefficient (Wildman–Crippen LogP) is 7.55. The van der Waals surface area contributed by atoms with E-state index in [1.807, 2.05) is 0 Å². The molecule has 37 heavy (non-hydrogen) atoms. The van der Waals surface area contributed by atoms with E-state index < -0.39 is 0 Å². The first-order valence-corrected chi connectivity index (χ1v) is 15.0. The molecular formula is C33H46N4. The lowest BCUT2D eigenvalue weighted by molar-refractivity contribution is -0.0144. The number of fused-ring (bicyclic) bond motifs is 9. The Morgan fingerprint density at radius 2 is 0.865 bits per heavy atom. The minimum Gasteiger partial charge on any atom is -0.302 e. The predicted molar refractivity (Wildman–Crippen MR) is 155 cm³/mol. The van der Waals surface area contributed by atoms with Crippen LogP contribution < -0.4 is 10.0 Å². The van der Waals surface area contributed by atoms with Gasteiger partial charge in [-0.2, -0.15) is 0 Å². The molecule has 3 aliphatic carbocycles. The number of hydrogen-bond acceptors (Lipinski definition) is 4. The van der Waals surface area contributed by atoms with Crippen molar-refractivity contribution in [2.45, 2.75) is 135 Å². The molecule has 4 heteroatoms. The highest BCUT2D eigenvalue weighted by Gasteiger charge is 2.46. The van der Waals surface area contributed by atoms with Crippen molar-refractivity contribution < 1.29 is 0 Å². The van der Waals surface area contributed by atoms with E-state index in [0.717, 1.165) is 6.42 Å². The van der Waals surface area contributed by atoms with Crippen LogP contribution in [0.15, 0.2) is 36.4 Å². The van der Waals surface area contributed by atoms with Crippen molar-refractivity contribution in [2.75, 3.05) is 10.0 Å². The largest absolute Gasteiger partial charge is 0.302 e. The fraction of sp³-hybridized carbons (Fsp3) is 0.636. The van der Waals surface area contributed by atoms with Crippen LogP contribution in [0.25, 0.3) is 11.1 Å². The molecule has 198 valence electrons. The number of hydrogen-bond donors (Lipinski definition) is 0. The van der Waals surface area contributed by atoms with Gasteiger partial charge in [-0.15, -0.1) is 0 Å². The molecule has 0 unspecified atom stereocenters. The van der Waals surface area contributed by atoms with Crippen molar-refractivity contribution in [1.29, 1.82) is 0 Å². The Bertz CT molecular complexity index is 1090. The smallest absolute Gasteiger partial charge is 0.0529 e. The summed E-state index contributed by atoms with van der Waals surface area (Å²) in [6.45, 7) is 14.3. The summed E-state index contributed by atoms with van der Waals surface area (Å²) in [4.78, 5) is 0. The van der Waals surface area contributed by atoms with Gasteiger partial charge in [0, 0.05) is 35.2 Å². The van der Waals surface area contributed by atoms with Gasteiger partial charge in [-0.1, -0.05) is 12.1 Å². The lowest BCUT2D eigenvalue weighted by Gasteiger charge is -2.59. The average Bonchev–Trinajstić information content (AvgIpc) is 3.25. The van der Waals surface area contributed by atoms with Crippen molar-refractivity contribution in [3.05, 3.63) is 47.5 Å². The van der Waals surface area contributed by atoms with Crippen LogP contribution in [-0.2, 0) is 6.42 Å². The molecule has 6 fully saturated rings. The third-order valence-electron chi connectivity index (χ3n) is 9.93. The molecule has 7 aliphatic rings. The van der Waals surface area contributed by atoms with E-state index in [1.165, 1.54) is 85.0 Å². The molecule has 0 radical (unpaired) electrons. The third-order valence-corrected chi connectivity index (χ3v) is 9.93. The van der Waals surface area contributed by atoms with E-state index >= 15 is 0 Å². The van der Waals surface area contributed by atoms with E-state index in [1.54, 1.807) is 0 Å². The van der Waals surface area contributed by atoms with Crippen molar-refractivity contribution in [1.82, 2.24) is 10.0 Å². The Balaban J connectivity index is 1.21. The zero-order valence-electron chi connectivity index (χ0n) is 23.9. The molecule has 0 aromatic heterocycles. The molecule has 4 bridgehead atoms. The SMILES string of the molecule is CC(C)(C)N1C2CCC(CC2)N1c1ccc2c(c1)Cc1cc(N3C4CCC(CC4)N3C(C)(C)C)ccc1-2. The van der Waals surface area contributed by atoms with Gasteiger partial charge >= 0.3 is 0 Å². The molecule has 0 spiro atoms. The number of anilines is 2. The van der Waals surface area contributed by atoms with Gasteiger partial charge in [0.25, 0.3) is 0 Å². The molecule has 2 aromatic rings. The second-order valence-corrected chi connectivity index (χ2v) is 14.5. The first-order valence-electron chi connectivity index (χ1n) is 15.0. The summed E-state index contributed by atoms with van der Waals surface area (Å²) >= 11 is 0. The topological polar surface area (TPSA) is 13.0 Å². The highest BCUT2D eigenvalue weighted by molar-refractivity contribution is 5.80. The van der Waals surface area contributed by atoms with Gasteiger partial charge in [-0.25, -0.2) is 10.0 Å². The number of benzene rings is 2. The van der Waals surface area contributed by atoms with Gasteiger partial charge in [0.05, 0.1) is 11.4 Å². The third kappa shape index (κ3) is 3.77. The summed E-state index contributed by atoms with van der Waals surface area (Å²) in [5.74, 6) is 0. The Morgan fingerprint density at radius 1 is 0.514 bits per heavy atom. The number of nitrogens with zero attached hydrogens (tertiary/aromatic N) is 4. The van der Waals surface area contributed by atoms with Crippen LogP contribution in [0.5, 0.6) is 0 Å². The molecule has 9 rings (SSSR count). The fourth-order valence-electron chi connectivity index (χ4n) is 8.68. The van der Waals surface area contributed by atoms with Crippen molar-refractivity contribution in [2.24, 2.45) is 0 Å². The van der Waals surface area contributed by atoms with E-state index in [0.29, 0.717) is 24.2 Å². The van der Waals surface area contributed by atoms with Crippen LogP contribution in [0.3, 0.4) is 0 Å². The molecule has 0 N–H and O–H groups in total. The van der Waals surface area contributed by atoms with Crippen LogP contribution in [-0.4, -0.2) is 45.3 Å². The highest BCUT2D eigenvalue weighted by atomic mass is 15.7. The molecular weight excluding hydrogens is 452 g/mol. The van der Waals surface area contributed by atoms with E-state index in [9.17, 15) is 0 Å². The fourth-order valence-corrected chi connectivity index (χ4v) is 8.68. The van der Waals surface area contributed by atoms with E-state index in [4.69, 9.17) is 0 Å². The highest BCUT2D eigenvalue weighted by Crippen LogP contribution is 2.47. The van der Waals surface area contributed by atoms with Gasteiger partial charge in [0.1, 0.15) is 0 Å². The first-order chi connectivity index (χ1) is 17.6. The molecule has 4 heterocycles. The summed E-state index contributed by atoms with van der Waals surface area (Å²) in [7, 11) is 0. The lowest BCUT2D eigenvalue weighted by atomic mass is 9.84. The molecule has 2 aromatic carbocycles. The van der Waals surface area contributed by atoms with Crippen molar-refractivity contribution in [3.8, 4) is 11.1 Å². The molecule has 4 saturated heterocycles. The minimum atomic E-state index is 0.146. The molecule has 4 aliphatic heterocycles. The van der Waals surface area contributed by atoms with Crippen molar-refractivity contribution in [3.63, 3.8) is 0 Å². The Hall–Kier alpha value is -2.04. The zero-order valence-corrected chi connectivity index (χ0v) is 23.9. The zero-order chi connectivity index (χ0) is 25.7. The Labute approximate surface area is 224 Å². The molecule has 0 atom stereocenters. The molecule has 4 nitrogen and oxygen atoms in total. The normalized spacial score (nSPS) is 29.7. The van der Waals surface area contributed by atoms with Gasteiger partial charge in [-0.05, 0) is 146 Å². The summed E-state index contributed by atoms with van der Waals surface area (Å²) in [5, 5.41) is 10.8. The number of rotatable bonds is 2. The maximum absolute atomic E-state index is 2.72. The Morgan fingerprint density at radius 3 is 1.22 bits per heavy atom. The second kappa shape index (κ2) is 8.23. The van der Waals surface area contributed by atoms with Crippen molar-refractivity contribution >= 4 is 11.4 Å². The first kappa shape index (κ1) is 24.0. The second-order valence-electron chi connectivity index (χ2n) is 14.5. The maximum atomic E-state index is 2.72. The van der Waals surface area contributed by atoms with Crippen LogP contribution >= 0.6 is 0 Å². The van der Waals surface area contributed by atoms with Gasteiger partial charge < -0.3 is 10.0 Å². The maximum Gasteiger partial charge on any atom is 0.0529 e. The van der Waals surface area contributed by atoms with Crippen LogP contribution in [0.4, 0.5) is 11.4 Å². The van der Waals surface area contributed by atoms with Crippen LogP contribution in [0, 0.1) is 0 Å². The monoisotopic (exact) mass is 498 g/mol. The molecule has 2 saturated carbocycles. The summed E-state index contributed by atoms with van der Waals surface area (Å²) in [5.41, 5.74) is 9.01. The summed E-state index contributed by atoms with van der Waals surface area (Å²) in [6, 6.07) is 17.4. The summed E-state index contributed by atoms with van der Waals surface area (Å²) in [6.07, 6.45) is 11.8. The minimum absolute atomic E-state index is 0.146. The van der Waals surface area contributed by atoms with Gasteiger partial charge in [0.15, 0.2) is 0 Å².